The van der Waals surface area contributed by atoms with Gasteiger partial charge in [-0.3, -0.25) is 4.79 Å². The summed E-state index contributed by atoms with van der Waals surface area (Å²) in [5.41, 5.74) is 0. The Morgan fingerprint density at radius 1 is 1.43 bits per heavy atom. The topological polar surface area (TPSA) is 20.3 Å². The van der Waals surface area contributed by atoms with Crippen molar-refractivity contribution in [3.05, 3.63) is 0 Å². The third kappa shape index (κ3) is 2.50. The van der Waals surface area contributed by atoms with Crippen LogP contribution >= 0.6 is 15.9 Å². The molecule has 0 aliphatic carbocycles. The van der Waals surface area contributed by atoms with Crippen LogP contribution in [0.25, 0.3) is 0 Å². The Kier molecular flexibility index (Phi) is 3.99. The van der Waals surface area contributed by atoms with Gasteiger partial charge >= 0.3 is 0 Å². The summed E-state index contributed by atoms with van der Waals surface area (Å²) >= 11 is 3.47. The van der Waals surface area contributed by atoms with Crippen molar-refractivity contribution in [3.63, 3.8) is 0 Å². The van der Waals surface area contributed by atoms with Crippen molar-refractivity contribution in [2.75, 3.05) is 6.54 Å². The molecular formula is C11H20BrNO. The first-order chi connectivity index (χ1) is 6.43. The Labute approximate surface area is 95.2 Å². The quantitative estimate of drug-likeness (QED) is 0.700. The smallest absolute Gasteiger partial charge is 0.236 e. The zero-order chi connectivity index (χ0) is 10.9. The van der Waals surface area contributed by atoms with Gasteiger partial charge in [0, 0.05) is 12.6 Å². The summed E-state index contributed by atoms with van der Waals surface area (Å²) in [5.74, 6) is 1.28. The summed E-state index contributed by atoms with van der Waals surface area (Å²) in [5, 5.41) is 0. The molecule has 0 spiro atoms. The van der Waals surface area contributed by atoms with E-state index in [9.17, 15) is 4.79 Å². The number of alkyl halides is 1. The van der Waals surface area contributed by atoms with Crippen LogP contribution in [-0.2, 0) is 4.79 Å². The lowest BCUT2D eigenvalue weighted by Crippen LogP contribution is -2.40. The van der Waals surface area contributed by atoms with E-state index in [-0.39, 0.29) is 10.7 Å². The molecule has 0 aromatic carbocycles. The third-order valence-corrected chi connectivity index (χ3v) is 4.34. The fourth-order valence-electron chi connectivity index (χ4n) is 2.05. The van der Waals surface area contributed by atoms with Gasteiger partial charge in [-0.2, -0.15) is 0 Å². The predicted molar refractivity (Wildman–Crippen MR) is 62.5 cm³/mol. The number of hydrogen-bond donors (Lipinski definition) is 0. The van der Waals surface area contributed by atoms with Crippen molar-refractivity contribution in [2.24, 2.45) is 11.8 Å². The lowest BCUT2D eigenvalue weighted by atomic mass is 10.1. The van der Waals surface area contributed by atoms with Gasteiger partial charge in [-0.25, -0.2) is 0 Å². The first kappa shape index (κ1) is 12.0. The molecule has 3 unspecified atom stereocenters. The standard InChI is InChI=1S/C11H20BrNO/c1-7(2)10(12)11(14)13-6-8(3)5-9(13)4/h7-10H,5-6H2,1-4H3. The maximum Gasteiger partial charge on any atom is 0.236 e. The average Bonchev–Trinajstić information content (AvgIpc) is 2.42. The molecule has 2 nitrogen and oxygen atoms in total. The fourth-order valence-corrected chi connectivity index (χ4v) is 2.31. The number of hydrogen-bond acceptors (Lipinski definition) is 1. The number of carbonyl (C=O) groups is 1. The summed E-state index contributed by atoms with van der Waals surface area (Å²) in [6.07, 6.45) is 1.14. The van der Waals surface area contributed by atoms with Crippen LogP contribution in [0.1, 0.15) is 34.1 Å². The maximum atomic E-state index is 12.0. The zero-order valence-electron chi connectivity index (χ0n) is 9.46. The Hall–Kier alpha value is -0.0500. The lowest BCUT2D eigenvalue weighted by Gasteiger charge is -2.25. The van der Waals surface area contributed by atoms with E-state index in [0.29, 0.717) is 17.9 Å². The van der Waals surface area contributed by atoms with E-state index in [2.05, 4.69) is 43.6 Å². The van der Waals surface area contributed by atoms with Gasteiger partial charge in [0.05, 0.1) is 4.83 Å². The molecule has 0 radical (unpaired) electrons. The normalized spacial score (nSPS) is 29.7. The van der Waals surface area contributed by atoms with E-state index in [1.165, 1.54) is 0 Å². The molecule has 0 N–H and O–H groups in total. The minimum Gasteiger partial charge on any atom is -0.339 e. The molecule has 1 saturated heterocycles. The van der Waals surface area contributed by atoms with E-state index in [4.69, 9.17) is 0 Å². The van der Waals surface area contributed by atoms with Crippen LogP contribution in [0.4, 0.5) is 0 Å². The molecule has 0 saturated carbocycles. The number of likely N-dealkylation sites (tertiary alicyclic amines) is 1. The molecule has 82 valence electrons. The minimum atomic E-state index is -0.0183. The lowest BCUT2D eigenvalue weighted by molar-refractivity contribution is -0.131. The Balaban J connectivity index is 2.61. The van der Waals surface area contributed by atoms with Crippen LogP contribution in [0.3, 0.4) is 0 Å². The van der Waals surface area contributed by atoms with E-state index < -0.39 is 0 Å². The molecule has 0 bridgehead atoms. The van der Waals surface area contributed by atoms with Crippen LogP contribution in [0.15, 0.2) is 0 Å². The van der Waals surface area contributed by atoms with E-state index in [0.717, 1.165) is 13.0 Å². The van der Waals surface area contributed by atoms with Gasteiger partial charge in [-0.1, -0.05) is 36.7 Å². The van der Waals surface area contributed by atoms with Crippen LogP contribution in [0.2, 0.25) is 0 Å². The number of halogens is 1. The summed E-state index contributed by atoms with van der Waals surface area (Å²) in [4.78, 5) is 14.0. The molecule has 1 aliphatic rings. The van der Waals surface area contributed by atoms with Crippen molar-refractivity contribution in [1.29, 1.82) is 0 Å². The van der Waals surface area contributed by atoms with Gasteiger partial charge in [-0.15, -0.1) is 0 Å². The highest BCUT2D eigenvalue weighted by Crippen LogP contribution is 2.26. The second-order valence-electron chi connectivity index (χ2n) is 4.83. The molecule has 0 aromatic rings. The third-order valence-electron chi connectivity index (χ3n) is 2.89. The van der Waals surface area contributed by atoms with Crippen molar-refractivity contribution in [3.8, 4) is 0 Å². The molecule has 3 heteroatoms. The molecular weight excluding hydrogens is 242 g/mol. The highest BCUT2D eigenvalue weighted by atomic mass is 79.9. The largest absolute Gasteiger partial charge is 0.339 e. The maximum absolute atomic E-state index is 12.0. The van der Waals surface area contributed by atoms with Crippen LogP contribution in [0.5, 0.6) is 0 Å². The summed E-state index contributed by atoms with van der Waals surface area (Å²) in [7, 11) is 0. The van der Waals surface area contributed by atoms with Crippen molar-refractivity contribution >= 4 is 21.8 Å². The van der Waals surface area contributed by atoms with Crippen molar-refractivity contribution in [1.82, 2.24) is 4.90 Å². The fraction of sp³-hybridized carbons (Fsp3) is 0.909. The highest BCUT2D eigenvalue weighted by molar-refractivity contribution is 9.10. The molecule has 3 atom stereocenters. The Bertz CT molecular complexity index is 217. The Morgan fingerprint density at radius 3 is 2.36 bits per heavy atom. The average molecular weight is 262 g/mol. The monoisotopic (exact) mass is 261 g/mol. The second kappa shape index (κ2) is 4.65. The molecule has 14 heavy (non-hydrogen) atoms. The van der Waals surface area contributed by atoms with Crippen molar-refractivity contribution < 1.29 is 4.79 Å². The highest BCUT2D eigenvalue weighted by Gasteiger charge is 2.33. The molecule has 1 rings (SSSR count). The SMILES string of the molecule is CC1CC(C)N(C(=O)C(Br)C(C)C)C1. The van der Waals surface area contributed by atoms with Gasteiger partial charge < -0.3 is 4.90 Å². The van der Waals surface area contributed by atoms with Gasteiger partial charge in [0.1, 0.15) is 0 Å². The van der Waals surface area contributed by atoms with Gasteiger partial charge in [0.15, 0.2) is 0 Å². The second-order valence-corrected chi connectivity index (χ2v) is 5.81. The van der Waals surface area contributed by atoms with Gasteiger partial charge in [-0.05, 0) is 25.2 Å². The number of carbonyl (C=O) groups excluding carboxylic acids is 1. The predicted octanol–water partition coefficient (Wildman–Crippen LogP) is 2.66. The van der Waals surface area contributed by atoms with Gasteiger partial charge in [0.2, 0.25) is 5.91 Å². The van der Waals surface area contributed by atoms with Crippen molar-refractivity contribution in [2.45, 2.75) is 45.0 Å². The number of rotatable bonds is 2. The van der Waals surface area contributed by atoms with E-state index in [1.807, 2.05) is 4.90 Å². The molecule has 1 amide bonds. The summed E-state index contributed by atoms with van der Waals surface area (Å²) < 4.78 is 0. The number of amides is 1. The summed E-state index contributed by atoms with van der Waals surface area (Å²) in [6, 6.07) is 0.413. The van der Waals surface area contributed by atoms with E-state index in [1.54, 1.807) is 0 Å². The van der Waals surface area contributed by atoms with Gasteiger partial charge in [0.25, 0.3) is 0 Å². The first-order valence-corrected chi connectivity index (χ1v) is 6.29. The van der Waals surface area contributed by atoms with Crippen LogP contribution < -0.4 is 0 Å². The van der Waals surface area contributed by atoms with E-state index >= 15 is 0 Å². The molecule has 1 fully saturated rings. The first-order valence-electron chi connectivity index (χ1n) is 5.38. The zero-order valence-corrected chi connectivity index (χ0v) is 11.0. The number of nitrogens with zero attached hydrogens (tertiary/aromatic N) is 1. The Morgan fingerprint density at radius 2 is 2.00 bits per heavy atom. The van der Waals surface area contributed by atoms with Crippen LogP contribution in [-0.4, -0.2) is 28.2 Å². The van der Waals surface area contributed by atoms with Crippen LogP contribution in [0, 0.1) is 11.8 Å². The molecule has 0 aromatic heterocycles. The minimum absolute atomic E-state index is 0.0183. The molecule has 1 aliphatic heterocycles. The molecule has 1 heterocycles. The summed E-state index contributed by atoms with van der Waals surface area (Å²) in [6.45, 7) is 9.42.